The number of methoxy groups -OCH3 is 5. The lowest BCUT2D eigenvalue weighted by Crippen LogP contribution is -2.36. The van der Waals surface area contributed by atoms with Gasteiger partial charge < -0.3 is 28.6 Å². The number of likely N-dealkylation sites (N-methyl/N-ethyl adjacent to an activating group) is 1. The predicted octanol–water partition coefficient (Wildman–Crippen LogP) is 6.08. The Morgan fingerprint density at radius 3 is 2.20 bits per heavy atom. The van der Waals surface area contributed by atoms with E-state index in [1.165, 1.54) is 35.3 Å². The van der Waals surface area contributed by atoms with Crippen LogP contribution in [-0.2, 0) is 12.8 Å². The van der Waals surface area contributed by atoms with Crippen LogP contribution in [0.25, 0.3) is 0 Å². The highest BCUT2D eigenvalue weighted by Crippen LogP contribution is 2.40. The van der Waals surface area contributed by atoms with E-state index < -0.39 is 0 Å². The molecule has 40 heavy (non-hydrogen) atoms. The highest BCUT2D eigenvalue weighted by molar-refractivity contribution is 7.10. The first-order chi connectivity index (χ1) is 19.5. The molecule has 0 radical (unpaired) electrons. The van der Waals surface area contributed by atoms with Crippen LogP contribution in [0.3, 0.4) is 0 Å². The van der Waals surface area contributed by atoms with E-state index in [0.717, 1.165) is 73.3 Å². The lowest BCUT2D eigenvalue weighted by atomic mass is 9.92. The van der Waals surface area contributed by atoms with E-state index in [0.29, 0.717) is 0 Å². The van der Waals surface area contributed by atoms with Gasteiger partial charge in [-0.15, -0.1) is 11.3 Å². The molecule has 218 valence electrons. The van der Waals surface area contributed by atoms with Crippen molar-refractivity contribution >= 4 is 11.3 Å². The number of hydrogen-bond donors (Lipinski definition) is 0. The molecule has 0 fully saturated rings. The third-order valence-corrected chi connectivity index (χ3v) is 8.83. The molecular weight excluding hydrogens is 524 g/mol. The maximum absolute atomic E-state index is 5.63. The molecule has 0 aliphatic carbocycles. The van der Waals surface area contributed by atoms with Gasteiger partial charge in [0.05, 0.1) is 41.6 Å². The molecule has 0 amide bonds. The van der Waals surface area contributed by atoms with Crippen LogP contribution in [0.5, 0.6) is 28.7 Å². The average Bonchev–Trinajstić information content (AvgIpc) is 3.47. The van der Waals surface area contributed by atoms with E-state index in [-0.39, 0.29) is 6.04 Å². The molecule has 4 rings (SSSR count). The second-order valence-corrected chi connectivity index (χ2v) is 11.2. The summed E-state index contributed by atoms with van der Waals surface area (Å²) in [6.07, 6.45) is 5.53. The summed E-state index contributed by atoms with van der Waals surface area (Å²) in [6, 6.07) is 12.8. The number of ether oxygens (including phenoxy) is 5. The lowest BCUT2D eigenvalue weighted by Gasteiger charge is -2.36. The maximum atomic E-state index is 5.63. The zero-order chi connectivity index (χ0) is 28.5. The van der Waals surface area contributed by atoms with E-state index in [4.69, 9.17) is 23.7 Å². The number of nitrogens with zero attached hydrogens (tertiary/aromatic N) is 2. The van der Waals surface area contributed by atoms with E-state index in [1.807, 2.05) is 29.5 Å². The topological polar surface area (TPSA) is 52.6 Å². The summed E-state index contributed by atoms with van der Waals surface area (Å²) in [6.45, 7) is 4.16. The van der Waals surface area contributed by atoms with Crippen LogP contribution in [0.15, 0.2) is 41.8 Å². The summed E-state index contributed by atoms with van der Waals surface area (Å²) < 4.78 is 27.7. The zero-order valence-corrected chi connectivity index (χ0v) is 25.6. The Bertz CT molecular complexity index is 1200. The molecule has 1 atom stereocenters. The van der Waals surface area contributed by atoms with Crippen LogP contribution in [0.2, 0.25) is 0 Å². The number of rotatable bonds is 15. The molecule has 1 aliphatic rings. The maximum Gasteiger partial charge on any atom is 0.161 e. The molecule has 0 saturated heterocycles. The molecule has 2 aromatic carbocycles. The van der Waals surface area contributed by atoms with Crippen molar-refractivity contribution in [3.63, 3.8) is 0 Å². The molecule has 2 heterocycles. The van der Waals surface area contributed by atoms with Gasteiger partial charge >= 0.3 is 0 Å². The summed E-state index contributed by atoms with van der Waals surface area (Å²) in [5, 5.41) is 2.23. The second-order valence-electron chi connectivity index (χ2n) is 10.2. The third-order valence-electron chi connectivity index (χ3n) is 7.83. The summed E-state index contributed by atoms with van der Waals surface area (Å²) in [5.74, 6) is 3.92. The van der Waals surface area contributed by atoms with Crippen molar-refractivity contribution in [2.45, 2.75) is 38.1 Å². The number of hydrogen-bond acceptors (Lipinski definition) is 8. The fraction of sp³-hybridized carbons (Fsp3) is 0.500. The van der Waals surface area contributed by atoms with E-state index in [9.17, 15) is 0 Å². The Labute approximate surface area is 243 Å². The monoisotopic (exact) mass is 568 g/mol. The minimum absolute atomic E-state index is 0.256. The molecule has 0 spiro atoms. The third kappa shape index (κ3) is 7.03. The Balaban J connectivity index is 1.30. The Morgan fingerprint density at radius 1 is 0.800 bits per heavy atom. The fourth-order valence-corrected chi connectivity index (χ4v) is 6.54. The van der Waals surface area contributed by atoms with E-state index in [2.05, 4.69) is 40.4 Å². The molecule has 0 N–H and O–H groups in total. The van der Waals surface area contributed by atoms with Crippen LogP contribution in [0.1, 0.15) is 46.9 Å². The molecule has 8 heteroatoms. The fourth-order valence-electron chi connectivity index (χ4n) is 5.63. The average molecular weight is 569 g/mol. The van der Waals surface area contributed by atoms with Crippen molar-refractivity contribution in [2.24, 2.45) is 0 Å². The van der Waals surface area contributed by atoms with Gasteiger partial charge in [-0.25, -0.2) is 0 Å². The highest BCUT2D eigenvalue weighted by atomic mass is 32.1. The van der Waals surface area contributed by atoms with Gasteiger partial charge in [0.1, 0.15) is 17.2 Å². The molecule has 7 nitrogen and oxygen atoms in total. The smallest absolute Gasteiger partial charge is 0.161 e. The van der Waals surface area contributed by atoms with Crippen LogP contribution >= 0.6 is 11.3 Å². The van der Waals surface area contributed by atoms with Crippen LogP contribution in [0.4, 0.5) is 0 Å². The number of unbranched alkanes of at least 4 members (excludes halogenated alkanes) is 2. The highest BCUT2D eigenvalue weighted by Gasteiger charge is 2.30. The lowest BCUT2D eigenvalue weighted by molar-refractivity contribution is 0.208. The molecule has 0 saturated carbocycles. The summed E-state index contributed by atoms with van der Waals surface area (Å²) in [5.41, 5.74) is 3.78. The van der Waals surface area contributed by atoms with Gasteiger partial charge in [0.25, 0.3) is 0 Å². The van der Waals surface area contributed by atoms with Gasteiger partial charge in [-0.2, -0.15) is 0 Å². The van der Waals surface area contributed by atoms with Gasteiger partial charge in [-0.1, -0.05) is 12.5 Å². The van der Waals surface area contributed by atoms with E-state index >= 15 is 0 Å². The van der Waals surface area contributed by atoms with Crippen LogP contribution < -0.4 is 23.7 Å². The van der Waals surface area contributed by atoms with Crippen molar-refractivity contribution in [3.8, 4) is 28.7 Å². The normalized spacial score (nSPS) is 15.1. The van der Waals surface area contributed by atoms with Crippen molar-refractivity contribution in [1.82, 2.24) is 9.80 Å². The predicted molar refractivity (Wildman–Crippen MR) is 162 cm³/mol. The van der Waals surface area contributed by atoms with Crippen LogP contribution in [0, 0.1) is 0 Å². The molecule has 1 aromatic heterocycles. The van der Waals surface area contributed by atoms with Crippen LogP contribution in [-0.4, -0.2) is 78.6 Å². The van der Waals surface area contributed by atoms with Gasteiger partial charge in [0.2, 0.25) is 0 Å². The van der Waals surface area contributed by atoms with E-state index in [1.54, 1.807) is 35.5 Å². The summed E-state index contributed by atoms with van der Waals surface area (Å²) in [7, 11) is 10.6. The molecule has 0 bridgehead atoms. The number of thiophene rings is 1. The summed E-state index contributed by atoms with van der Waals surface area (Å²) in [4.78, 5) is 6.54. The Morgan fingerprint density at radius 2 is 1.52 bits per heavy atom. The Kier molecular flexibility index (Phi) is 11.0. The van der Waals surface area contributed by atoms with Crippen molar-refractivity contribution < 1.29 is 23.7 Å². The van der Waals surface area contributed by atoms with Gasteiger partial charge in [-0.3, -0.25) is 4.90 Å². The molecular formula is C32H44N2O5S. The largest absolute Gasteiger partial charge is 0.496 e. The first-order valence-electron chi connectivity index (χ1n) is 14.0. The number of benzene rings is 2. The van der Waals surface area contributed by atoms with Gasteiger partial charge in [0, 0.05) is 35.7 Å². The van der Waals surface area contributed by atoms with Gasteiger partial charge in [0.15, 0.2) is 11.5 Å². The Hall–Kier alpha value is -2.94. The first-order valence-corrected chi connectivity index (χ1v) is 14.9. The first kappa shape index (κ1) is 30.0. The molecule has 3 aromatic rings. The minimum Gasteiger partial charge on any atom is -0.496 e. The number of fused-ring (bicyclic) bond motifs is 1. The summed E-state index contributed by atoms with van der Waals surface area (Å²) >= 11 is 1.88. The standard InChI is InChI=1S/C32H44N2O5S/c1-33(17-12-25-28(37-4)21-24(35-2)22-29(25)38-5)15-8-7-9-16-34-18-13-31-26(14-19-40-31)32(34)23-10-11-27(36-3)30(20-23)39-6/h10-11,14,19-22,32H,7-9,12-13,15-18H2,1-6H3. The van der Waals surface area contributed by atoms with Crippen molar-refractivity contribution in [2.75, 3.05) is 68.8 Å². The quantitative estimate of drug-likeness (QED) is 0.206. The molecule has 1 unspecified atom stereocenters. The van der Waals surface area contributed by atoms with Crippen molar-refractivity contribution in [3.05, 3.63) is 63.3 Å². The molecule has 1 aliphatic heterocycles. The minimum atomic E-state index is 0.256. The van der Waals surface area contributed by atoms with Gasteiger partial charge in [-0.05, 0) is 80.5 Å². The van der Waals surface area contributed by atoms with Crippen molar-refractivity contribution in [1.29, 1.82) is 0 Å². The SMILES string of the molecule is COc1cc(OC)c(CCN(C)CCCCCN2CCc3sccc3C2c2ccc(OC)c(OC)c2)c(OC)c1. The zero-order valence-electron chi connectivity index (χ0n) is 24.8. The second kappa shape index (κ2) is 14.6.